The molecule has 0 radical (unpaired) electrons. The highest BCUT2D eigenvalue weighted by molar-refractivity contribution is 7.89. The van der Waals surface area contributed by atoms with Gasteiger partial charge in [-0.3, -0.25) is 0 Å². The van der Waals surface area contributed by atoms with Gasteiger partial charge in [0.05, 0.1) is 23.3 Å². The average molecular weight is 425 g/mol. The standard InChI is InChI=1S/C22H24N4O3S/c1-16-3-2-4-21(13-16)29-20-7-9-22(10-8-20)30(27,28)25-17-5-6-18(25)15-19(14-17)26-23-11-12-24-26/h2-4,7-13,17-19H,5-6,14-15H2,1H3. The van der Waals surface area contributed by atoms with Gasteiger partial charge in [-0.15, -0.1) is 0 Å². The number of aromatic nitrogens is 3. The summed E-state index contributed by atoms with van der Waals surface area (Å²) < 4.78 is 34.4. The maximum absolute atomic E-state index is 13.4. The fraction of sp³-hybridized carbons (Fsp3) is 0.364. The number of piperidine rings is 1. The minimum atomic E-state index is -3.56. The molecule has 8 heteroatoms. The number of sulfonamides is 1. The van der Waals surface area contributed by atoms with Gasteiger partial charge in [0.15, 0.2) is 0 Å². The van der Waals surface area contributed by atoms with Gasteiger partial charge in [-0.2, -0.15) is 19.3 Å². The molecule has 7 nitrogen and oxygen atoms in total. The van der Waals surface area contributed by atoms with Gasteiger partial charge in [0.1, 0.15) is 11.5 Å². The number of hydrogen-bond donors (Lipinski definition) is 0. The second kappa shape index (κ2) is 7.52. The Morgan fingerprint density at radius 2 is 1.57 bits per heavy atom. The number of nitrogens with zero attached hydrogens (tertiary/aromatic N) is 4. The summed E-state index contributed by atoms with van der Waals surface area (Å²) in [6, 6.07) is 14.6. The van der Waals surface area contributed by atoms with Gasteiger partial charge in [0.2, 0.25) is 10.0 Å². The summed E-state index contributed by atoms with van der Waals surface area (Å²) in [6.45, 7) is 2.00. The predicted octanol–water partition coefficient (Wildman–Crippen LogP) is 3.94. The summed E-state index contributed by atoms with van der Waals surface area (Å²) in [6.07, 6.45) is 6.61. The smallest absolute Gasteiger partial charge is 0.243 e. The number of aryl methyl sites for hydroxylation is 1. The van der Waals surface area contributed by atoms with Gasteiger partial charge in [0.25, 0.3) is 0 Å². The van der Waals surface area contributed by atoms with E-state index in [1.54, 1.807) is 45.8 Å². The average Bonchev–Trinajstić information content (AvgIpc) is 3.36. The molecule has 2 fully saturated rings. The van der Waals surface area contributed by atoms with E-state index in [-0.39, 0.29) is 18.1 Å². The highest BCUT2D eigenvalue weighted by Gasteiger charge is 2.48. The Kier molecular flexibility index (Phi) is 4.83. The zero-order valence-electron chi connectivity index (χ0n) is 16.8. The van der Waals surface area contributed by atoms with Crippen LogP contribution < -0.4 is 4.74 Å². The molecule has 30 heavy (non-hydrogen) atoms. The van der Waals surface area contributed by atoms with Crippen LogP contribution in [-0.4, -0.2) is 39.8 Å². The molecule has 156 valence electrons. The monoisotopic (exact) mass is 424 g/mol. The molecule has 2 aliphatic heterocycles. The first kappa shape index (κ1) is 19.3. The van der Waals surface area contributed by atoms with Crippen LogP contribution in [0.4, 0.5) is 0 Å². The van der Waals surface area contributed by atoms with Crippen molar-refractivity contribution in [1.82, 2.24) is 19.3 Å². The summed E-state index contributed by atoms with van der Waals surface area (Å²) >= 11 is 0. The van der Waals surface area contributed by atoms with Crippen molar-refractivity contribution in [2.45, 2.75) is 55.6 Å². The molecule has 2 saturated heterocycles. The van der Waals surface area contributed by atoms with Crippen LogP contribution in [0, 0.1) is 6.92 Å². The van der Waals surface area contributed by atoms with Crippen LogP contribution in [0.3, 0.4) is 0 Å². The largest absolute Gasteiger partial charge is 0.457 e. The van der Waals surface area contributed by atoms with Gasteiger partial charge in [0, 0.05) is 12.1 Å². The Hall–Kier alpha value is -2.71. The molecule has 2 bridgehead atoms. The second-order valence-electron chi connectivity index (χ2n) is 8.08. The fourth-order valence-electron chi connectivity index (χ4n) is 4.72. The van der Waals surface area contributed by atoms with Crippen molar-refractivity contribution < 1.29 is 13.2 Å². The highest BCUT2D eigenvalue weighted by atomic mass is 32.2. The molecule has 0 amide bonds. The minimum absolute atomic E-state index is 0.00651. The van der Waals surface area contributed by atoms with E-state index in [9.17, 15) is 8.42 Å². The van der Waals surface area contributed by atoms with E-state index in [1.807, 2.05) is 31.2 Å². The number of hydrogen-bond acceptors (Lipinski definition) is 5. The molecule has 2 aromatic carbocycles. The van der Waals surface area contributed by atoms with Crippen molar-refractivity contribution in [3.05, 3.63) is 66.5 Å². The summed E-state index contributed by atoms with van der Waals surface area (Å²) in [5.41, 5.74) is 1.11. The summed E-state index contributed by atoms with van der Waals surface area (Å²) in [7, 11) is -3.56. The lowest BCUT2D eigenvalue weighted by Crippen LogP contribution is -2.47. The Labute approximate surface area is 176 Å². The molecule has 0 N–H and O–H groups in total. The summed E-state index contributed by atoms with van der Waals surface area (Å²) in [5.74, 6) is 1.35. The first-order valence-corrected chi connectivity index (χ1v) is 11.7. The van der Waals surface area contributed by atoms with Crippen molar-refractivity contribution >= 4 is 10.0 Å². The van der Waals surface area contributed by atoms with Gasteiger partial charge in [-0.25, -0.2) is 8.42 Å². The Morgan fingerprint density at radius 3 is 2.20 bits per heavy atom. The van der Waals surface area contributed by atoms with Gasteiger partial charge in [-0.1, -0.05) is 12.1 Å². The molecular formula is C22H24N4O3S. The number of fused-ring (bicyclic) bond motifs is 2. The van der Waals surface area contributed by atoms with E-state index in [0.717, 1.165) is 37.0 Å². The highest BCUT2D eigenvalue weighted by Crippen LogP contribution is 2.43. The molecule has 0 aliphatic carbocycles. The zero-order valence-corrected chi connectivity index (χ0v) is 17.6. The van der Waals surface area contributed by atoms with Gasteiger partial charge in [-0.05, 0) is 74.6 Å². The lowest BCUT2D eigenvalue weighted by molar-refractivity contribution is 0.174. The van der Waals surface area contributed by atoms with Gasteiger partial charge >= 0.3 is 0 Å². The van der Waals surface area contributed by atoms with Gasteiger partial charge < -0.3 is 4.74 Å². The predicted molar refractivity (Wildman–Crippen MR) is 112 cm³/mol. The molecule has 5 rings (SSSR count). The molecule has 0 saturated carbocycles. The molecule has 2 unspecified atom stereocenters. The third-order valence-corrected chi connectivity index (χ3v) is 8.05. The van der Waals surface area contributed by atoms with Crippen molar-refractivity contribution in [3.8, 4) is 11.5 Å². The Bertz CT molecular complexity index is 1120. The van der Waals surface area contributed by atoms with E-state index in [1.165, 1.54) is 0 Å². The first-order valence-electron chi connectivity index (χ1n) is 10.2. The number of benzene rings is 2. The van der Waals surface area contributed by atoms with E-state index < -0.39 is 10.0 Å². The van der Waals surface area contributed by atoms with Crippen LogP contribution in [0.25, 0.3) is 0 Å². The third kappa shape index (κ3) is 3.50. The Balaban J connectivity index is 1.34. The fourth-order valence-corrected chi connectivity index (χ4v) is 6.61. The van der Waals surface area contributed by atoms with Crippen molar-refractivity contribution in [2.75, 3.05) is 0 Å². The van der Waals surface area contributed by atoms with E-state index in [4.69, 9.17) is 4.74 Å². The normalized spacial score (nSPS) is 24.1. The molecule has 2 aliphatic rings. The summed E-state index contributed by atoms with van der Waals surface area (Å²) in [5, 5.41) is 8.51. The van der Waals surface area contributed by atoms with Crippen LogP contribution in [0.5, 0.6) is 11.5 Å². The lowest BCUT2D eigenvalue weighted by atomic mass is 10.0. The number of rotatable bonds is 5. The molecule has 1 aromatic heterocycles. The first-order chi connectivity index (χ1) is 14.5. The van der Waals surface area contributed by atoms with Crippen molar-refractivity contribution in [1.29, 1.82) is 0 Å². The van der Waals surface area contributed by atoms with Crippen molar-refractivity contribution in [2.24, 2.45) is 0 Å². The molecule has 2 atom stereocenters. The molecule has 3 aromatic rings. The van der Waals surface area contributed by atoms with Crippen LogP contribution >= 0.6 is 0 Å². The quantitative estimate of drug-likeness (QED) is 0.620. The molecular weight excluding hydrogens is 400 g/mol. The Morgan fingerprint density at radius 1 is 0.900 bits per heavy atom. The van der Waals surface area contributed by atoms with E-state index >= 15 is 0 Å². The zero-order chi connectivity index (χ0) is 20.7. The number of ether oxygens (including phenoxy) is 1. The SMILES string of the molecule is Cc1cccc(Oc2ccc(S(=O)(=O)N3C4CCC3CC(n3nccn3)C4)cc2)c1. The van der Waals surface area contributed by atoms with Crippen LogP contribution in [0.2, 0.25) is 0 Å². The lowest BCUT2D eigenvalue weighted by Gasteiger charge is -2.37. The van der Waals surface area contributed by atoms with Crippen LogP contribution in [-0.2, 0) is 10.0 Å². The van der Waals surface area contributed by atoms with Crippen molar-refractivity contribution in [3.63, 3.8) is 0 Å². The summed E-state index contributed by atoms with van der Waals surface area (Å²) in [4.78, 5) is 2.04. The van der Waals surface area contributed by atoms with E-state index in [2.05, 4.69) is 10.2 Å². The minimum Gasteiger partial charge on any atom is -0.457 e. The van der Waals surface area contributed by atoms with Crippen LogP contribution in [0.15, 0.2) is 65.8 Å². The maximum Gasteiger partial charge on any atom is 0.243 e. The third-order valence-electron chi connectivity index (χ3n) is 6.03. The van der Waals surface area contributed by atoms with E-state index in [0.29, 0.717) is 10.6 Å². The second-order valence-corrected chi connectivity index (χ2v) is 9.93. The molecule has 3 heterocycles. The maximum atomic E-state index is 13.4. The van der Waals surface area contributed by atoms with Crippen LogP contribution in [0.1, 0.15) is 37.3 Å². The topological polar surface area (TPSA) is 77.3 Å². The molecule has 0 spiro atoms.